The van der Waals surface area contributed by atoms with Gasteiger partial charge in [-0.2, -0.15) is 8.78 Å². The van der Waals surface area contributed by atoms with Crippen LogP contribution in [0.3, 0.4) is 0 Å². The smallest absolute Gasteiger partial charge is 0.302 e. The summed E-state index contributed by atoms with van der Waals surface area (Å²) in [5, 5.41) is 0. The van der Waals surface area contributed by atoms with E-state index in [1.165, 1.54) is 0 Å². The number of alkyl halides is 2. The number of fused-ring (bicyclic) bond motifs is 1. The van der Waals surface area contributed by atoms with E-state index in [1.54, 1.807) is 18.2 Å². The van der Waals surface area contributed by atoms with Gasteiger partial charge in [0.05, 0.1) is 13.2 Å². The molecule has 0 amide bonds. The molecule has 0 saturated carbocycles. The van der Waals surface area contributed by atoms with Gasteiger partial charge in [-0.15, -0.1) is 0 Å². The minimum atomic E-state index is -2.88. The third kappa shape index (κ3) is 3.09. The van der Waals surface area contributed by atoms with Gasteiger partial charge in [-0.05, 0) is 17.0 Å². The van der Waals surface area contributed by atoms with Crippen LogP contribution in [0.2, 0.25) is 0 Å². The lowest BCUT2D eigenvalue weighted by Crippen LogP contribution is -2.42. The summed E-state index contributed by atoms with van der Waals surface area (Å²) in [6.45, 7) is 5.28. The largest absolute Gasteiger partial charge is 0.383 e. The molecule has 0 N–H and O–H groups in total. The molecule has 106 valence electrons. The van der Waals surface area contributed by atoms with E-state index in [9.17, 15) is 8.78 Å². The van der Waals surface area contributed by atoms with Crippen molar-refractivity contribution in [2.24, 2.45) is 0 Å². The number of methoxy groups -OCH3 is 1. The number of nitrogens with zero attached hydrogens (tertiary/aromatic N) is 2. The number of hydrogen-bond acceptors (Lipinski definition) is 3. The number of ether oxygens (including phenoxy) is 1. The quantitative estimate of drug-likeness (QED) is 0.841. The van der Waals surface area contributed by atoms with E-state index in [0.717, 1.165) is 5.56 Å². The molecule has 0 aromatic carbocycles. The third-order valence-electron chi connectivity index (χ3n) is 3.43. The Morgan fingerprint density at radius 1 is 1.47 bits per heavy atom. The van der Waals surface area contributed by atoms with Crippen molar-refractivity contribution in [1.82, 2.24) is 9.88 Å². The summed E-state index contributed by atoms with van der Waals surface area (Å²) < 4.78 is 33.1. The lowest BCUT2D eigenvalue weighted by Gasteiger charge is -2.33. The Labute approximate surface area is 112 Å². The Morgan fingerprint density at radius 2 is 2.21 bits per heavy atom. The van der Waals surface area contributed by atoms with E-state index < -0.39 is 5.92 Å². The molecule has 2 heterocycles. The molecule has 0 unspecified atom stereocenters. The second kappa shape index (κ2) is 5.51. The summed E-state index contributed by atoms with van der Waals surface area (Å²) in [7, 11) is 1.58. The molecule has 3 nitrogen and oxygen atoms in total. The highest BCUT2D eigenvalue weighted by Gasteiger charge is 2.41. The van der Waals surface area contributed by atoms with Crippen molar-refractivity contribution >= 4 is 0 Å². The Morgan fingerprint density at radius 3 is 2.84 bits per heavy atom. The molecule has 0 fully saturated rings. The maximum Gasteiger partial charge on any atom is 0.302 e. The van der Waals surface area contributed by atoms with E-state index in [0.29, 0.717) is 31.2 Å². The second-order valence-corrected chi connectivity index (χ2v) is 5.34. The van der Waals surface area contributed by atoms with Gasteiger partial charge >= 0.3 is 5.92 Å². The normalized spacial score (nSPS) is 18.6. The van der Waals surface area contributed by atoms with Gasteiger partial charge in [0.25, 0.3) is 0 Å². The fourth-order valence-electron chi connectivity index (χ4n) is 2.33. The van der Waals surface area contributed by atoms with Crippen LogP contribution in [0.25, 0.3) is 0 Å². The van der Waals surface area contributed by atoms with Crippen molar-refractivity contribution in [2.45, 2.75) is 32.2 Å². The van der Waals surface area contributed by atoms with Crippen molar-refractivity contribution in [3.8, 4) is 0 Å². The first kappa shape index (κ1) is 14.3. The summed E-state index contributed by atoms with van der Waals surface area (Å²) in [4.78, 5) is 5.72. The van der Waals surface area contributed by atoms with E-state index in [4.69, 9.17) is 4.74 Å². The van der Waals surface area contributed by atoms with Gasteiger partial charge in [0.2, 0.25) is 0 Å². The monoisotopic (exact) mass is 270 g/mol. The van der Waals surface area contributed by atoms with Crippen molar-refractivity contribution in [1.29, 1.82) is 0 Å². The standard InChI is InChI=1S/C14H20F2N2O/c1-10(2)11-6-12-8-18(4-5-19-3)9-14(15,16)13(12)17-7-11/h6-7,10H,4-5,8-9H2,1-3H3. The van der Waals surface area contributed by atoms with Crippen molar-refractivity contribution in [3.05, 3.63) is 29.1 Å². The Bertz CT molecular complexity index is 449. The summed E-state index contributed by atoms with van der Waals surface area (Å²) in [6, 6.07) is 1.86. The lowest BCUT2D eigenvalue weighted by atomic mass is 9.97. The zero-order valence-corrected chi connectivity index (χ0v) is 11.6. The third-order valence-corrected chi connectivity index (χ3v) is 3.43. The van der Waals surface area contributed by atoms with Crippen molar-refractivity contribution in [2.75, 3.05) is 26.8 Å². The molecule has 0 radical (unpaired) electrons. The second-order valence-electron chi connectivity index (χ2n) is 5.34. The zero-order chi connectivity index (χ0) is 14.0. The minimum Gasteiger partial charge on any atom is -0.383 e. The number of pyridine rings is 1. The van der Waals surface area contributed by atoms with Crippen LogP contribution in [0, 0.1) is 0 Å². The van der Waals surface area contributed by atoms with Crippen LogP contribution < -0.4 is 0 Å². The minimum absolute atomic E-state index is 0.0643. The summed E-state index contributed by atoms with van der Waals surface area (Å²) in [6.07, 6.45) is 1.57. The van der Waals surface area contributed by atoms with Gasteiger partial charge in [0.1, 0.15) is 5.69 Å². The van der Waals surface area contributed by atoms with Crippen LogP contribution in [-0.4, -0.2) is 36.7 Å². The van der Waals surface area contributed by atoms with Crippen LogP contribution >= 0.6 is 0 Å². The molecule has 1 aromatic heterocycles. The van der Waals surface area contributed by atoms with Gasteiger partial charge in [-0.3, -0.25) is 9.88 Å². The van der Waals surface area contributed by atoms with Gasteiger partial charge in [0, 0.05) is 26.4 Å². The summed E-state index contributed by atoms with van der Waals surface area (Å²) >= 11 is 0. The molecule has 19 heavy (non-hydrogen) atoms. The van der Waals surface area contributed by atoms with E-state index in [1.807, 2.05) is 19.9 Å². The molecule has 0 aliphatic carbocycles. The molecule has 5 heteroatoms. The fourth-order valence-corrected chi connectivity index (χ4v) is 2.33. The molecule has 1 aliphatic rings. The predicted molar refractivity (Wildman–Crippen MR) is 69.4 cm³/mol. The van der Waals surface area contributed by atoms with Crippen LogP contribution in [-0.2, 0) is 17.2 Å². The van der Waals surface area contributed by atoms with Gasteiger partial charge < -0.3 is 4.74 Å². The molecule has 2 rings (SSSR count). The molecular formula is C14H20F2N2O. The topological polar surface area (TPSA) is 25.4 Å². The van der Waals surface area contributed by atoms with E-state index in [2.05, 4.69) is 4.98 Å². The van der Waals surface area contributed by atoms with E-state index in [-0.39, 0.29) is 12.2 Å². The van der Waals surface area contributed by atoms with Crippen LogP contribution in [0.5, 0.6) is 0 Å². The fraction of sp³-hybridized carbons (Fsp3) is 0.643. The van der Waals surface area contributed by atoms with E-state index >= 15 is 0 Å². The maximum atomic E-state index is 14.1. The average Bonchev–Trinajstić information content (AvgIpc) is 2.34. The first-order valence-electron chi connectivity index (χ1n) is 6.52. The molecule has 1 aliphatic heterocycles. The first-order chi connectivity index (χ1) is 8.94. The summed E-state index contributed by atoms with van der Waals surface area (Å²) in [5.74, 6) is -2.59. The molecule has 0 atom stereocenters. The number of halogens is 2. The van der Waals surface area contributed by atoms with Gasteiger partial charge in [-0.1, -0.05) is 19.9 Å². The lowest BCUT2D eigenvalue weighted by molar-refractivity contribution is -0.0600. The van der Waals surface area contributed by atoms with Crippen LogP contribution in [0.1, 0.15) is 36.6 Å². The van der Waals surface area contributed by atoms with Crippen molar-refractivity contribution in [3.63, 3.8) is 0 Å². The zero-order valence-electron chi connectivity index (χ0n) is 11.6. The molecule has 0 saturated heterocycles. The molecule has 1 aromatic rings. The van der Waals surface area contributed by atoms with Gasteiger partial charge in [-0.25, -0.2) is 0 Å². The van der Waals surface area contributed by atoms with Crippen LogP contribution in [0.4, 0.5) is 8.78 Å². The van der Waals surface area contributed by atoms with Crippen LogP contribution in [0.15, 0.2) is 12.3 Å². The highest BCUT2D eigenvalue weighted by Crippen LogP contribution is 2.35. The average molecular weight is 270 g/mol. The van der Waals surface area contributed by atoms with Gasteiger partial charge in [0.15, 0.2) is 0 Å². The molecule has 0 spiro atoms. The number of rotatable bonds is 4. The summed E-state index contributed by atoms with van der Waals surface area (Å²) in [5.41, 5.74) is 1.58. The Balaban J connectivity index is 2.28. The Hall–Kier alpha value is -1.07. The molecule has 0 bridgehead atoms. The predicted octanol–water partition coefficient (Wildman–Crippen LogP) is 2.76. The SMILES string of the molecule is COCCN1Cc2cc(C(C)C)cnc2C(F)(F)C1. The molecular weight excluding hydrogens is 250 g/mol. The highest BCUT2D eigenvalue weighted by atomic mass is 19.3. The van der Waals surface area contributed by atoms with Crippen molar-refractivity contribution < 1.29 is 13.5 Å². The Kier molecular flexibility index (Phi) is 4.16. The maximum absolute atomic E-state index is 14.1. The highest BCUT2D eigenvalue weighted by molar-refractivity contribution is 5.32. The number of aromatic nitrogens is 1. The first-order valence-corrected chi connectivity index (χ1v) is 6.52. The number of hydrogen-bond donors (Lipinski definition) is 0.